The Labute approximate surface area is 56.5 Å². The van der Waals surface area contributed by atoms with Crippen LogP contribution in [-0.4, -0.2) is 22.9 Å². The van der Waals surface area contributed by atoms with E-state index in [1.807, 2.05) is 0 Å². The summed E-state index contributed by atoms with van der Waals surface area (Å²) in [6.45, 7) is 4.33. The van der Waals surface area contributed by atoms with Crippen molar-refractivity contribution in [3.8, 4) is 0 Å². The van der Waals surface area contributed by atoms with Gasteiger partial charge in [0.05, 0.1) is 0 Å². The molecule has 0 saturated heterocycles. The molecule has 8 heavy (non-hydrogen) atoms. The van der Waals surface area contributed by atoms with E-state index >= 15 is 0 Å². The van der Waals surface area contributed by atoms with Crippen molar-refractivity contribution < 1.29 is 4.39 Å². The molecule has 0 N–H and O–H groups in total. The predicted molar refractivity (Wildman–Crippen MR) is 37.5 cm³/mol. The quantitative estimate of drug-likeness (QED) is 0.575. The van der Waals surface area contributed by atoms with Crippen molar-refractivity contribution in [2.45, 2.75) is 28.8 Å². The maximum atomic E-state index is 11.7. The van der Waals surface area contributed by atoms with Crippen LogP contribution in [0.25, 0.3) is 0 Å². The molecule has 0 heterocycles. The molecule has 0 bridgehead atoms. The van der Waals surface area contributed by atoms with Gasteiger partial charge >= 0.3 is 56.1 Å². The Kier molecular flexibility index (Phi) is 6.10. The molecule has 0 amide bonds. The summed E-state index contributed by atoms with van der Waals surface area (Å²) in [6, 6.07) is 0. The van der Waals surface area contributed by atoms with Crippen LogP contribution in [0.15, 0.2) is 0 Å². The van der Waals surface area contributed by atoms with Crippen molar-refractivity contribution in [2.75, 3.05) is 6.67 Å². The number of rotatable bonds is 4. The van der Waals surface area contributed by atoms with Crippen molar-refractivity contribution in [1.29, 1.82) is 0 Å². The normalized spacial score (nSPS) is 9.38. The Morgan fingerprint density at radius 3 is 1.88 bits per heavy atom. The summed E-state index contributed by atoms with van der Waals surface area (Å²) < 4.78 is 11.7. The van der Waals surface area contributed by atoms with Crippen LogP contribution >= 0.6 is 0 Å². The molecule has 0 aliphatic carbocycles. The first-order valence-corrected chi connectivity index (χ1v) is 8.55. The Hall–Kier alpha value is 0.566. The molecule has 0 nitrogen and oxygen atoms in total. The summed E-state index contributed by atoms with van der Waals surface area (Å²) in [7, 11) is 0. The van der Waals surface area contributed by atoms with Gasteiger partial charge in [-0.1, -0.05) is 0 Å². The first kappa shape index (κ1) is 8.57. The van der Waals surface area contributed by atoms with Crippen LogP contribution < -0.4 is 0 Å². The van der Waals surface area contributed by atoms with Crippen molar-refractivity contribution in [3.63, 3.8) is 0 Å². The number of hydrogen-bond donors (Lipinski definition) is 0. The van der Waals surface area contributed by atoms with E-state index in [0.717, 1.165) is 4.98 Å². The zero-order valence-corrected chi connectivity index (χ0v) is 8.21. The van der Waals surface area contributed by atoms with Crippen LogP contribution in [0.4, 0.5) is 4.39 Å². The number of hydrogen-bond acceptors (Lipinski definition) is 0. The molecule has 0 aliphatic rings. The van der Waals surface area contributed by atoms with Crippen molar-refractivity contribution in [2.24, 2.45) is 0 Å². The third-order valence-electron chi connectivity index (χ3n) is 1.67. The second-order valence-electron chi connectivity index (χ2n) is 2.16. The van der Waals surface area contributed by atoms with Gasteiger partial charge in [0.2, 0.25) is 0 Å². The van der Waals surface area contributed by atoms with Gasteiger partial charge in [-0.15, -0.1) is 0 Å². The topological polar surface area (TPSA) is 0 Å². The van der Waals surface area contributed by atoms with E-state index in [4.69, 9.17) is 0 Å². The van der Waals surface area contributed by atoms with Crippen LogP contribution in [0, 0.1) is 0 Å². The number of alkyl halides is 1. The van der Waals surface area contributed by atoms with Gasteiger partial charge in [0.1, 0.15) is 0 Å². The molecule has 0 radical (unpaired) electrons. The first-order valence-electron chi connectivity index (χ1n) is 3.41. The van der Waals surface area contributed by atoms with E-state index in [1.165, 1.54) is 9.95 Å². The van der Waals surface area contributed by atoms with E-state index in [-0.39, 0.29) is 6.67 Å². The molecule has 0 unspecified atom stereocenters. The molecular formula is C6H14FGa. The fourth-order valence-corrected chi connectivity index (χ4v) is 4.42. The summed E-state index contributed by atoms with van der Waals surface area (Å²) in [5, 5.41) is 0. The fourth-order valence-electron chi connectivity index (χ4n) is 0.851. The summed E-state index contributed by atoms with van der Waals surface area (Å²) in [4.78, 5) is 3.57. The molecule has 0 aromatic carbocycles. The molecule has 0 aromatic heterocycles. The van der Waals surface area contributed by atoms with Gasteiger partial charge in [0, 0.05) is 0 Å². The standard InChI is InChI=1S/C2H4F.2C2H5.Ga/c1-2-3;2*1-2;/h1-2H2;2*1H2,2H3;. The Morgan fingerprint density at radius 1 is 1.25 bits per heavy atom. The van der Waals surface area contributed by atoms with E-state index in [0.29, 0.717) is 0 Å². The zero-order chi connectivity index (χ0) is 6.41. The van der Waals surface area contributed by atoms with E-state index in [2.05, 4.69) is 13.8 Å². The van der Waals surface area contributed by atoms with Crippen LogP contribution in [0.5, 0.6) is 0 Å². The average molecular weight is 175 g/mol. The summed E-state index contributed by atoms with van der Waals surface area (Å²) in [5.74, 6) is 0. The average Bonchev–Trinajstić information content (AvgIpc) is 1.83. The summed E-state index contributed by atoms with van der Waals surface area (Å²) >= 11 is -0.984. The van der Waals surface area contributed by atoms with Crippen LogP contribution in [0.3, 0.4) is 0 Å². The van der Waals surface area contributed by atoms with Crippen LogP contribution in [-0.2, 0) is 0 Å². The Morgan fingerprint density at radius 2 is 1.75 bits per heavy atom. The second-order valence-corrected chi connectivity index (χ2v) is 10.4. The molecule has 0 rings (SSSR count). The van der Waals surface area contributed by atoms with Gasteiger partial charge in [-0.2, -0.15) is 0 Å². The van der Waals surface area contributed by atoms with Crippen molar-refractivity contribution in [1.82, 2.24) is 0 Å². The maximum absolute atomic E-state index is 11.7. The minimum absolute atomic E-state index is 0.0631. The fraction of sp³-hybridized carbons (Fsp3) is 1.00. The van der Waals surface area contributed by atoms with Gasteiger partial charge in [0.15, 0.2) is 0 Å². The van der Waals surface area contributed by atoms with Gasteiger partial charge < -0.3 is 0 Å². The van der Waals surface area contributed by atoms with Gasteiger partial charge in [-0.25, -0.2) is 0 Å². The Balaban J connectivity index is 3.07. The van der Waals surface area contributed by atoms with Gasteiger partial charge in [-0.05, 0) is 0 Å². The summed E-state index contributed by atoms with van der Waals surface area (Å²) in [6.07, 6.45) is 0. The third kappa shape index (κ3) is 3.55. The molecule has 0 atom stereocenters. The van der Waals surface area contributed by atoms with E-state index in [9.17, 15) is 4.39 Å². The molecular weight excluding hydrogens is 161 g/mol. The van der Waals surface area contributed by atoms with E-state index < -0.39 is 16.2 Å². The van der Waals surface area contributed by atoms with Crippen molar-refractivity contribution >= 4 is 16.2 Å². The second kappa shape index (κ2) is 5.70. The SMILES string of the molecule is C[CH2][Ga]([CH2]C)[CH2]CF. The summed E-state index contributed by atoms with van der Waals surface area (Å²) in [5.41, 5.74) is 0. The molecule has 0 fully saturated rings. The predicted octanol–water partition coefficient (Wildman–Crippen LogP) is 2.49. The molecule has 0 spiro atoms. The van der Waals surface area contributed by atoms with Gasteiger partial charge in [-0.3, -0.25) is 0 Å². The third-order valence-corrected chi connectivity index (χ3v) is 8.69. The minimum atomic E-state index is -0.984. The molecule has 0 aliphatic heterocycles. The van der Waals surface area contributed by atoms with Crippen molar-refractivity contribution in [3.05, 3.63) is 0 Å². The van der Waals surface area contributed by atoms with E-state index in [1.54, 1.807) is 0 Å². The van der Waals surface area contributed by atoms with Gasteiger partial charge in [0.25, 0.3) is 0 Å². The van der Waals surface area contributed by atoms with Crippen LogP contribution in [0.2, 0.25) is 14.9 Å². The Bertz CT molecular complexity index is 43.8. The molecule has 2 heteroatoms. The monoisotopic (exact) mass is 174 g/mol. The molecule has 0 aromatic rings. The zero-order valence-electron chi connectivity index (χ0n) is 5.78. The first-order chi connectivity index (χ1) is 3.85. The molecule has 48 valence electrons. The number of halogens is 1. The molecule has 0 saturated carbocycles. The van der Waals surface area contributed by atoms with Crippen LogP contribution in [0.1, 0.15) is 13.8 Å².